The van der Waals surface area contributed by atoms with Crippen molar-refractivity contribution < 1.29 is 14.3 Å². The largest absolute Gasteiger partial charge is 0.497 e. The summed E-state index contributed by atoms with van der Waals surface area (Å²) in [5.41, 5.74) is 7.89. The first-order valence-electron chi connectivity index (χ1n) is 5.62. The van der Waals surface area contributed by atoms with Crippen molar-refractivity contribution in [1.29, 1.82) is 0 Å². The molecule has 0 spiro atoms. The SMILES string of the molecule is COC(=O)CC1(N)CCc2ccc(OC)cc21. The quantitative estimate of drug-likeness (QED) is 0.803. The molecule has 2 N–H and O–H groups in total. The van der Waals surface area contributed by atoms with Crippen LogP contribution >= 0.6 is 0 Å². The molecule has 0 aromatic heterocycles. The number of hydrogen-bond donors (Lipinski definition) is 1. The number of ether oxygens (including phenoxy) is 2. The highest BCUT2D eigenvalue weighted by molar-refractivity contribution is 5.71. The average Bonchev–Trinajstić information content (AvgIpc) is 2.66. The topological polar surface area (TPSA) is 61.5 Å². The third kappa shape index (κ3) is 2.13. The second-order valence-corrected chi connectivity index (χ2v) is 4.43. The van der Waals surface area contributed by atoms with Gasteiger partial charge in [0.25, 0.3) is 0 Å². The van der Waals surface area contributed by atoms with E-state index in [-0.39, 0.29) is 12.4 Å². The number of carbonyl (C=O) groups excluding carboxylic acids is 1. The number of hydrogen-bond acceptors (Lipinski definition) is 4. The summed E-state index contributed by atoms with van der Waals surface area (Å²) in [5, 5.41) is 0. The molecule has 4 nitrogen and oxygen atoms in total. The Kier molecular flexibility index (Phi) is 3.07. The maximum Gasteiger partial charge on any atom is 0.307 e. The number of fused-ring (bicyclic) bond motifs is 1. The summed E-state index contributed by atoms with van der Waals surface area (Å²) in [6, 6.07) is 5.86. The lowest BCUT2D eigenvalue weighted by molar-refractivity contribution is -0.142. The summed E-state index contributed by atoms with van der Waals surface area (Å²) in [6.45, 7) is 0. The molecule has 1 aromatic carbocycles. The Morgan fingerprint density at radius 1 is 1.47 bits per heavy atom. The second-order valence-electron chi connectivity index (χ2n) is 4.43. The van der Waals surface area contributed by atoms with Gasteiger partial charge < -0.3 is 15.2 Å². The molecule has 1 atom stereocenters. The van der Waals surface area contributed by atoms with E-state index in [0.717, 1.165) is 24.2 Å². The molecular formula is C13H17NO3. The van der Waals surface area contributed by atoms with Crippen molar-refractivity contribution in [2.75, 3.05) is 14.2 Å². The predicted octanol–water partition coefficient (Wildman–Crippen LogP) is 1.36. The molecule has 1 unspecified atom stereocenters. The Bertz CT molecular complexity index is 444. The minimum absolute atomic E-state index is 0.212. The van der Waals surface area contributed by atoms with E-state index in [0.29, 0.717) is 0 Å². The molecule has 1 aliphatic carbocycles. The monoisotopic (exact) mass is 235 g/mol. The van der Waals surface area contributed by atoms with Gasteiger partial charge in [-0.15, -0.1) is 0 Å². The average molecular weight is 235 g/mol. The molecule has 1 aromatic rings. The number of benzene rings is 1. The van der Waals surface area contributed by atoms with Gasteiger partial charge in [-0.2, -0.15) is 0 Å². The van der Waals surface area contributed by atoms with Gasteiger partial charge in [0.2, 0.25) is 0 Å². The van der Waals surface area contributed by atoms with Gasteiger partial charge in [-0.05, 0) is 36.1 Å². The zero-order valence-corrected chi connectivity index (χ0v) is 10.2. The van der Waals surface area contributed by atoms with Crippen molar-refractivity contribution in [3.05, 3.63) is 29.3 Å². The van der Waals surface area contributed by atoms with Crippen LogP contribution in [0.15, 0.2) is 18.2 Å². The summed E-state index contributed by atoms with van der Waals surface area (Å²) in [4.78, 5) is 11.4. The molecule has 1 aliphatic rings. The molecule has 4 heteroatoms. The molecule has 0 fully saturated rings. The van der Waals surface area contributed by atoms with Gasteiger partial charge in [-0.25, -0.2) is 0 Å². The van der Waals surface area contributed by atoms with Crippen LogP contribution in [0.3, 0.4) is 0 Å². The van der Waals surface area contributed by atoms with Crippen LogP contribution < -0.4 is 10.5 Å². The van der Waals surface area contributed by atoms with Gasteiger partial charge >= 0.3 is 5.97 Å². The highest BCUT2D eigenvalue weighted by atomic mass is 16.5. The molecule has 0 bridgehead atoms. The first kappa shape index (κ1) is 11.9. The van der Waals surface area contributed by atoms with Crippen LogP contribution in [-0.4, -0.2) is 20.2 Å². The summed E-state index contributed by atoms with van der Waals surface area (Å²) in [7, 11) is 3.00. The number of methoxy groups -OCH3 is 2. The number of aryl methyl sites for hydroxylation is 1. The van der Waals surface area contributed by atoms with E-state index in [1.165, 1.54) is 12.7 Å². The number of rotatable bonds is 3. The van der Waals surface area contributed by atoms with Gasteiger partial charge in [0, 0.05) is 0 Å². The summed E-state index contributed by atoms with van der Waals surface area (Å²) in [6.07, 6.45) is 1.88. The van der Waals surface area contributed by atoms with Crippen LogP contribution in [0.1, 0.15) is 24.0 Å². The Morgan fingerprint density at radius 3 is 2.88 bits per heavy atom. The molecule has 0 amide bonds. The maximum atomic E-state index is 11.4. The highest BCUT2D eigenvalue weighted by Crippen LogP contribution is 2.39. The van der Waals surface area contributed by atoms with E-state index >= 15 is 0 Å². The minimum Gasteiger partial charge on any atom is -0.497 e. The van der Waals surface area contributed by atoms with E-state index in [9.17, 15) is 4.79 Å². The zero-order chi connectivity index (χ0) is 12.5. The molecule has 0 saturated carbocycles. The smallest absolute Gasteiger partial charge is 0.307 e. The number of nitrogens with two attached hydrogens (primary N) is 1. The highest BCUT2D eigenvalue weighted by Gasteiger charge is 2.37. The maximum absolute atomic E-state index is 11.4. The Labute approximate surface area is 101 Å². The predicted molar refractivity (Wildman–Crippen MR) is 63.8 cm³/mol. The molecule has 2 rings (SSSR count). The molecule has 0 radical (unpaired) electrons. The van der Waals surface area contributed by atoms with Gasteiger partial charge in [0.05, 0.1) is 26.2 Å². The fraction of sp³-hybridized carbons (Fsp3) is 0.462. The Morgan fingerprint density at radius 2 is 2.24 bits per heavy atom. The van der Waals surface area contributed by atoms with Crippen molar-refractivity contribution in [2.24, 2.45) is 5.73 Å². The summed E-state index contributed by atoms with van der Waals surface area (Å²) in [5.74, 6) is 0.494. The van der Waals surface area contributed by atoms with Crippen molar-refractivity contribution in [3.63, 3.8) is 0 Å². The lowest BCUT2D eigenvalue weighted by atomic mass is 9.89. The standard InChI is InChI=1S/C13H17NO3/c1-16-10-4-3-9-5-6-13(14,11(9)7-10)8-12(15)17-2/h3-4,7H,5-6,8,14H2,1-2H3. The molecule has 17 heavy (non-hydrogen) atoms. The summed E-state index contributed by atoms with van der Waals surface area (Å²) >= 11 is 0. The van der Waals surface area contributed by atoms with Crippen molar-refractivity contribution in [1.82, 2.24) is 0 Å². The van der Waals surface area contributed by atoms with Gasteiger partial charge in [-0.1, -0.05) is 6.07 Å². The Hall–Kier alpha value is -1.55. The second kappa shape index (κ2) is 4.37. The Balaban J connectivity index is 2.33. The van der Waals surface area contributed by atoms with E-state index < -0.39 is 5.54 Å². The third-order valence-electron chi connectivity index (χ3n) is 3.38. The fourth-order valence-electron chi connectivity index (χ4n) is 2.37. The van der Waals surface area contributed by atoms with Gasteiger partial charge in [0.1, 0.15) is 5.75 Å². The molecule has 0 aliphatic heterocycles. The normalized spacial score (nSPS) is 22.1. The van der Waals surface area contributed by atoms with Crippen LogP contribution in [0.25, 0.3) is 0 Å². The molecule has 92 valence electrons. The molecule has 0 heterocycles. The third-order valence-corrected chi connectivity index (χ3v) is 3.38. The van der Waals surface area contributed by atoms with Crippen LogP contribution in [0.4, 0.5) is 0 Å². The van der Waals surface area contributed by atoms with E-state index in [1.807, 2.05) is 18.2 Å². The van der Waals surface area contributed by atoms with Crippen molar-refractivity contribution in [2.45, 2.75) is 24.8 Å². The lowest BCUT2D eigenvalue weighted by Crippen LogP contribution is -2.37. The van der Waals surface area contributed by atoms with Crippen LogP contribution in [0, 0.1) is 0 Å². The summed E-state index contributed by atoms with van der Waals surface area (Å²) < 4.78 is 9.89. The minimum atomic E-state index is -0.614. The van der Waals surface area contributed by atoms with Crippen molar-refractivity contribution in [3.8, 4) is 5.75 Å². The van der Waals surface area contributed by atoms with Crippen LogP contribution in [-0.2, 0) is 21.5 Å². The van der Waals surface area contributed by atoms with E-state index in [2.05, 4.69) is 0 Å². The fourth-order valence-corrected chi connectivity index (χ4v) is 2.37. The zero-order valence-electron chi connectivity index (χ0n) is 10.2. The van der Waals surface area contributed by atoms with Crippen molar-refractivity contribution >= 4 is 5.97 Å². The molecular weight excluding hydrogens is 218 g/mol. The van der Waals surface area contributed by atoms with Gasteiger partial charge in [0.15, 0.2) is 0 Å². The first-order chi connectivity index (χ1) is 8.09. The van der Waals surface area contributed by atoms with Crippen LogP contribution in [0.2, 0.25) is 0 Å². The van der Waals surface area contributed by atoms with Crippen LogP contribution in [0.5, 0.6) is 5.75 Å². The van der Waals surface area contributed by atoms with Gasteiger partial charge in [-0.3, -0.25) is 4.79 Å². The first-order valence-corrected chi connectivity index (χ1v) is 5.62. The lowest BCUT2D eigenvalue weighted by Gasteiger charge is -2.24. The van der Waals surface area contributed by atoms with E-state index in [4.69, 9.17) is 15.2 Å². The van der Waals surface area contributed by atoms with E-state index in [1.54, 1.807) is 7.11 Å². The molecule has 0 saturated heterocycles. The number of esters is 1. The number of carbonyl (C=O) groups is 1.